The highest BCUT2D eigenvalue weighted by molar-refractivity contribution is 4.87. The van der Waals surface area contributed by atoms with E-state index in [2.05, 4.69) is 44.8 Å². The lowest BCUT2D eigenvalue weighted by Crippen LogP contribution is -2.49. The molecule has 1 heterocycles. The Hall–Kier alpha value is -0.0800. The van der Waals surface area contributed by atoms with E-state index >= 15 is 0 Å². The minimum atomic E-state index is 0.473. The number of piperidine rings is 1. The van der Waals surface area contributed by atoms with Crippen molar-refractivity contribution in [2.75, 3.05) is 26.2 Å². The third kappa shape index (κ3) is 5.07. The van der Waals surface area contributed by atoms with Gasteiger partial charge in [-0.3, -0.25) is 4.90 Å². The first-order valence-electron chi connectivity index (χ1n) is 8.51. The van der Waals surface area contributed by atoms with E-state index in [1.165, 1.54) is 51.7 Å². The molecule has 2 heteroatoms. The second-order valence-electron chi connectivity index (χ2n) is 6.84. The van der Waals surface area contributed by atoms with Gasteiger partial charge in [0.05, 0.1) is 0 Å². The smallest absolute Gasteiger partial charge is 0.00673 e. The summed E-state index contributed by atoms with van der Waals surface area (Å²) in [6.45, 7) is 16.7. The van der Waals surface area contributed by atoms with Crippen molar-refractivity contribution in [3.63, 3.8) is 0 Å². The van der Waals surface area contributed by atoms with Crippen LogP contribution in [0.3, 0.4) is 0 Å². The number of hydrogen-bond acceptors (Lipinski definition) is 2. The van der Waals surface area contributed by atoms with Gasteiger partial charge in [0.15, 0.2) is 0 Å². The molecule has 0 aliphatic carbocycles. The van der Waals surface area contributed by atoms with Gasteiger partial charge in [0.25, 0.3) is 0 Å². The number of rotatable bonds is 8. The molecule has 1 aliphatic rings. The molecule has 1 N–H and O–H groups in total. The molecule has 0 amide bonds. The zero-order valence-corrected chi connectivity index (χ0v) is 14.0. The molecule has 1 fully saturated rings. The average Bonchev–Trinajstić information content (AvgIpc) is 2.42. The predicted octanol–water partition coefficient (Wildman–Crippen LogP) is 3.91. The third-order valence-corrected chi connectivity index (χ3v) is 5.21. The fraction of sp³-hybridized carbons (Fsp3) is 1.00. The molecule has 1 aliphatic heterocycles. The molecule has 0 bridgehead atoms. The lowest BCUT2D eigenvalue weighted by Gasteiger charge is -2.44. The van der Waals surface area contributed by atoms with Gasteiger partial charge in [-0.05, 0) is 56.9 Å². The summed E-state index contributed by atoms with van der Waals surface area (Å²) in [7, 11) is 0. The maximum Gasteiger partial charge on any atom is 0.00673 e. The Morgan fingerprint density at radius 3 is 2.37 bits per heavy atom. The van der Waals surface area contributed by atoms with Gasteiger partial charge in [0.2, 0.25) is 0 Å². The van der Waals surface area contributed by atoms with Gasteiger partial charge < -0.3 is 5.32 Å². The van der Waals surface area contributed by atoms with Crippen LogP contribution in [-0.4, -0.2) is 37.1 Å². The highest BCUT2D eigenvalue weighted by atomic mass is 15.2. The number of nitrogens with one attached hydrogen (secondary N) is 1. The summed E-state index contributed by atoms with van der Waals surface area (Å²) in [5.41, 5.74) is 0.473. The van der Waals surface area contributed by atoms with E-state index in [0.29, 0.717) is 5.41 Å². The van der Waals surface area contributed by atoms with E-state index in [1.54, 1.807) is 0 Å². The van der Waals surface area contributed by atoms with Crippen LogP contribution >= 0.6 is 0 Å². The first-order chi connectivity index (χ1) is 9.06. The van der Waals surface area contributed by atoms with Gasteiger partial charge in [0.1, 0.15) is 0 Å². The molecule has 2 nitrogen and oxygen atoms in total. The van der Waals surface area contributed by atoms with E-state index in [-0.39, 0.29) is 0 Å². The summed E-state index contributed by atoms with van der Waals surface area (Å²) in [6, 6.07) is 0.778. The van der Waals surface area contributed by atoms with Crippen LogP contribution in [-0.2, 0) is 0 Å². The molecule has 2 atom stereocenters. The first kappa shape index (κ1) is 17.0. The van der Waals surface area contributed by atoms with Crippen LogP contribution in [0.5, 0.6) is 0 Å². The number of nitrogens with zero attached hydrogens (tertiary/aromatic N) is 1. The Morgan fingerprint density at radius 1 is 1.11 bits per heavy atom. The van der Waals surface area contributed by atoms with Crippen molar-refractivity contribution in [1.82, 2.24) is 10.2 Å². The van der Waals surface area contributed by atoms with E-state index in [0.717, 1.165) is 18.5 Å². The normalized spacial score (nSPS) is 25.7. The van der Waals surface area contributed by atoms with Crippen molar-refractivity contribution in [2.45, 2.75) is 72.8 Å². The number of likely N-dealkylation sites (tertiary alicyclic amines) is 1. The molecule has 2 unspecified atom stereocenters. The molecule has 114 valence electrons. The maximum atomic E-state index is 3.67. The van der Waals surface area contributed by atoms with Gasteiger partial charge in [-0.15, -0.1) is 0 Å². The zero-order chi connectivity index (χ0) is 14.3. The predicted molar refractivity (Wildman–Crippen MR) is 85.6 cm³/mol. The molecule has 0 aromatic rings. The summed E-state index contributed by atoms with van der Waals surface area (Å²) in [4.78, 5) is 2.76. The van der Waals surface area contributed by atoms with E-state index in [1.807, 2.05) is 0 Å². The molecular weight excluding hydrogens is 232 g/mol. The molecular formula is C17H36N2. The summed E-state index contributed by atoms with van der Waals surface area (Å²) in [5, 5.41) is 3.67. The topological polar surface area (TPSA) is 15.3 Å². The highest BCUT2D eigenvalue weighted by Gasteiger charge is 2.32. The van der Waals surface area contributed by atoms with Crippen molar-refractivity contribution < 1.29 is 0 Å². The molecule has 0 spiro atoms. The van der Waals surface area contributed by atoms with Crippen LogP contribution in [0, 0.1) is 11.3 Å². The average molecular weight is 268 g/mol. The third-order valence-electron chi connectivity index (χ3n) is 5.21. The summed E-state index contributed by atoms with van der Waals surface area (Å²) in [6.07, 6.45) is 6.61. The Kier molecular flexibility index (Phi) is 7.38. The van der Waals surface area contributed by atoms with Crippen LogP contribution < -0.4 is 5.32 Å². The number of hydrogen-bond donors (Lipinski definition) is 1. The van der Waals surface area contributed by atoms with Crippen molar-refractivity contribution in [1.29, 1.82) is 0 Å². The maximum absolute atomic E-state index is 3.67. The SMILES string of the molecule is CCCNCC(CC)(CC)CN1CC(C)CCC1C. The van der Waals surface area contributed by atoms with Crippen LogP contribution in [0.4, 0.5) is 0 Å². The largest absolute Gasteiger partial charge is 0.316 e. The lowest BCUT2D eigenvalue weighted by atomic mass is 9.80. The second-order valence-corrected chi connectivity index (χ2v) is 6.84. The molecule has 0 aromatic carbocycles. The fourth-order valence-corrected chi connectivity index (χ4v) is 3.34. The quantitative estimate of drug-likeness (QED) is 0.671. The highest BCUT2D eigenvalue weighted by Crippen LogP contribution is 2.31. The first-order valence-corrected chi connectivity index (χ1v) is 8.51. The Bertz CT molecular complexity index is 235. The van der Waals surface area contributed by atoms with E-state index in [4.69, 9.17) is 0 Å². The molecule has 19 heavy (non-hydrogen) atoms. The monoisotopic (exact) mass is 268 g/mol. The minimum Gasteiger partial charge on any atom is -0.316 e. The summed E-state index contributed by atoms with van der Waals surface area (Å²) in [5.74, 6) is 0.881. The van der Waals surface area contributed by atoms with E-state index in [9.17, 15) is 0 Å². The van der Waals surface area contributed by atoms with Gasteiger partial charge in [-0.1, -0.05) is 27.7 Å². The summed E-state index contributed by atoms with van der Waals surface area (Å²) >= 11 is 0. The van der Waals surface area contributed by atoms with Gasteiger partial charge in [0, 0.05) is 25.7 Å². The fourth-order valence-electron chi connectivity index (χ4n) is 3.34. The molecule has 0 radical (unpaired) electrons. The van der Waals surface area contributed by atoms with Crippen molar-refractivity contribution in [3.8, 4) is 0 Å². The van der Waals surface area contributed by atoms with Gasteiger partial charge in [-0.25, -0.2) is 0 Å². The molecule has 0 saturated carbocycles. The minimum absolute atomic E-state index is 0.473. The van der Waals surface area contributed by atoms with Crippen molar-refractivity contribution >= 4 is 0 Å². The molecule has 0 aromatic heterocycles. The zero-order valence-electron chi connectivity index (χ0n) is 14.0. The van der Waals surface area contributed by atoms with Gasteiger partial charge >= 0.3 is 0 Å². The second kappa shape index (κ2) is 8.26. The molecule has 1 rings (SSSR count). The lowest BCUT2D eigenvalue weighted by molar-refractivity contribution is 0.0606. The Morgan fingerprint density at radius 2 is 1.79 bits per heavy atom. The van der Waals surface area contributed by atoms with Crippen LogP contribution in [0.1, 0.15) is 66.7 Å². The van der Waals surface area contributed by atoms with Crippen LogP contribution in [0.15, 0.2) is 0 Å². The van der Waals surface area contributed by atoms with Crippen molar-refractivity contribution in [3.05, 3.63) is 0 Å². The van der Waals surface area contributed by atoms with Gasteiger partial charge in [-0.2, -0.15) is 0 Å². The Balaban J connectivity index is 2.59. The van der Waals surface area contributed by atoms with Crippen molar-refractivity contribution in [2.24, 2.45) is 11.3 Å². The van der Waals surface area contributed by atoms with Crippen LogP contribution in [0.2, 0.25) is 0 Å². The standard InChI is InChI=1S/C17H36N2/c1-6-11-18-13-17(7-2,8-3)14-19-12-15(4)9-10-16(19)5/h15-16,18H,6-14H2,1-5H3. The Labute approximate surface area is 121 Å². The summed E-state index contributed by atoms with van der Waals surface area (Å²) < 4.78 is 0. The van der Waals surface area contributed by atoms with E-state index < -0.39 is 0 Å². The van der Waals surface area contributed by atoms with Crippen LogP contribution in [0.25, 0.3) is 0 Å². The molecule has 1 saturated heterocycles.